The fraction of sp³-hybridized carbons (Fsp3) is 0. The predicted octanol–water partition coefficient (Wildman–Crippen LogP) is 15.5. The number of aromatic nitrogens is 3. The molecule has 64 heavy (non-hydrogen) atoms. The van der Waals surface area contributed by atoms with E-state index in [4.69, 9.17) is 0 Å². The summed E-state index contributed by atoms with van der Waals surface area (Å²) in [6, 6.07) is 80.3. The van der Waals surface area contributed by atoms with Gasteiger partial charge in [0.15, 0.2) is 0 Å². The topological polar surface area (TPSA) is 46.5 Å². The molecular weight excluding hydrogens is 777 g/mol. The molecule has 0 bridgehead atoms. The Morgan fingerprint density at radius 1 is 0.328 bits per heavy atom. The number of hydrogen-bond acceptors (Lipinski definition) is 2. The molecule has 3 heterocycles. The summed E-state index contributed by atoms with van der Waals surface area (Å²) in [5.41, 5.74) is 17.8. The lowest BCUT2D eigenvalue weighted by molar-refractivity contribution is 1.09. The molecule has 0 atom stereocenters. The molecular formula is C60H38N4. The second kappa shape index (κ2) is 15.3. The lowest BCUT2D eigenvalue weighted by Gasteiger charge is -2.20. The molecule has 0 aliphatic heterocycles. The van der Waals surface area contributed by atoms with Gasteiger partial charge in [-0.2, -0.15) is 5.26 Å². The minimum Gasteiger partial charge on any atom is -0.307 e. The maximum absolute atomic E-state index is 11.3. The molecule has 12 aromatic rings. The first-order chi connectivity index (χ1) is 31.7. The number of fused-ring (bicyclic) bond motifs is 6. The van der Waals surface area contributed by atoms with E-state index in [1.54, 1.807) is 0 Å². The summed E-state index contributed by atoms with van der Waals surface area (Å²) in [7, 11) is 0. The van der Waals surface area contributed by atoms with Crippen LogP contribution >= 0.6 is 0 Å². The van der Waals surface area contributed by atoms with Gasteiger partial charge in [0, 0.05) is 33.9 Å². The van der Waals surface area contributed by atoms with E-state index in [0.29, 0.717) is 5.56 Å². The van der Waals surface area contributed by atoms with E-state index in [9.17, 15) is 5.26 Å². The summed E-state index contributed by atoms with van der Waals surface area (Å²) in [5.74, 6) is 0. The molecule has 0 saturated heterocycles. The number of pyridine rings is 1. The van der Waals surface area contributed by atoms with Crippen molar-refractivity contribution in [2.45, 2.75) is 0 Å². The van der Waals surface area contributed by atoms with E-state index in [1.165, 1.54) is 33.4 Å². The Balaban J connectivity index is 1.14. The van der Waals surface area contributed by atoms with Crippen molar-refractivity contribution in [1.29, 1.82) is 5.26 Å². The van der Waals surface area contributed by atoms with Gasteiger partial charge in [0.05, 0.1) is 39.0 Å². The van der Waals surface area contributed by atoms with Crippen LogP contribution in [0.25, 0.3) is 111 Å². The van der Waals surface area contributed by atoms with Gasteiger partial charge < -0.3 is 9.13 Å². The summed E-state index contributed by atoms with van der Waals surface area (Å²) in [5, 5.41) is 15.8. The highest BCUT2D eigenvalue weighted by Crippen LogP contribution is 2.44. The van der Waals surface area contributed by atoms with Gasteiger partial charge in [-0.3, -0.25) is 4.98 Å². The molecule has 0 N–H and O–H groups in total. The minimum atomic E-state index is 0.574. The highest BCUT2D eigenvalue weighted by atomic mass is 15.1. The Kier molecular flexibility index (Phi) is 8.84. The van der Waals surface area contributed by atoms with E-state index < -0.39 is 0 Å². The minimum absolute atomic E-state index is 0.574. The maximum Gasteiger partial charge on any atom is 0.101 e. The summed E-state index contributed by atoms with van der Waals surface area (Å²) >= 11 is 0. The third kappa shape index (κ3) is 6.02. The van der Waals surface area contributed by atoms with Crippen LogP contribution in [0.3, 0.4) is 0 Å². The quantitative estimate of drug-likeness (QED) is 0.161. The molecule has 0 unspecified atom stereocenters. The molecule has 298 valence electrons. The molecule has 0 amide bonds. The van der Waals surface area contributed by atoms with Gasteiger partial charge in [0.25, 0.3) is 0 Å². The Morgan fingerprint density at radius 3 is 1.30 bits per heavy atom. The van der Waals surface area contributed by atoms with E-state index >= 15 is 0 Å². The van der Waals surface area contributed by atoms with Crippen molar-refractivity contribution in [3.05, 3.63) is 236 Å². The van der Waals surface area contributed by atoms with E-state index in [0.717, 1.165) is 77.2 Å². The van der Waals surface area contributed by atoms with Gasteiger partial charge in [-0.1, -0.05) is 158 Å². The smallest absolute Gasteiger partial charge is 0.101 e. The zero-order chi connectivity index (χ0) is 42.6. The van der Waals surface area contributed by atoms with Crippen molar-refractivity contribution in [3.63, 3.8) is 0 Å². The van der Waals surface area contributed by atoms with Gasteiger partial charge in [0.2, 0.25) is 0 Å². The summed E-state index contributed by atoms with van der Waals surface area (Å²) in [6.07, 6.45) is 3.62. The van der Waals surface area contributed by atoms with Crippen LogP contribution in [0.5, 0.6) is 0 Å². The third-order valence-corrected chi connectivity index (χ3v) is 12.7. The summed E-state index contributed by atoms with van der Waals surface area (Å²) in [4.78, 5) is 4.33. The number of nitriles is 1. The number of nitrogens with zero attached hydrogens (tertiary/aromatic N) is 4. The lowest BCUT2D eigenvalue weighted by atomic mass is 9.94. The van der Waals surface area contributed by atoms with E-state index in [2.05, 4.69) is 220 Å². The van der Waals surface area contributed by atoms with Crippen LogP contribution in [-0.2, 0) is 0 Å². The molecule has 12 rings (SSSR count). The molecule has 4 heteroatoms. The largest absolute Gasteiger partial charge is 0.307 e. The number of hydrogen-bond donors (Lipinski definition) is 0. The monoisotopic (exact) mass is 814 g/mol. The SMILES string of the molecule is N#Cc1cc(-c2ccncc2)cc(-n2c3ccccc3c3cc(-c4ccccc4-c4ccccc4)ccc32)c1-n1c2ccccc2c2cc(-c3ccccc3-c3ccccc3)ccc21. The van der Waals surface area contributed by atoms with Gasteiger partial charge >= 0.3 is 0 Å². The van der Waals surface area contributed by atoms with Crippen LogP contribution in [0.4, 0.5) is 0 Å². The van der Waals surface area contributed by atoms with Crippen LogP contribution in [0.2, 0.25) is 0 Å². The second-order valence-electron chi connectivity index (χ2n) is 16.2. The first-order valence-electron chi connectivity index (χ1n) is 21.6. The fourth-order valence-electron chi connectivity index (χ4n) is 9.81. The molecule has 0 aliphatic carbocycles. The zero-order valence-electron chi connectivity index (χ0n) is 34.7. The number of benzene rings is 9. The van der Waals surface area contributed by atoms with E-state index in [1.807, 2.05) is 30.6 Å². The third-order valence-electron chi connectivity index (χ3n) is 12.7. The van der Waals surface area contributed by atoms with Gasteiger partial charge in [-0.05, 0) is 116 Å². The van der Waals surface area contributed by atoms with Crippen LogP contribution in [0.1, 0.15) is 5.56 Å². The number of rotatable bonds is 7. The fourth-order valence-corrected chi connectivity index (χ4v) is 9.81. The highest BCUT2D eigenvalue weighted by molar-refractivity contribution is 6.13. The molecule has 0 radical (unpaired) electrons. The van der Waals surface area contributed by atoms with Gasteiger partial charge in [-0.15, -0.1) is 0 Å². The van der Waals surface area contributed by atoms with E-state index in [-0.39, 0.29) is 0 Å². The van der Waals surface area contributed by atoms with Crippen molar-refractivity contribution in [3.8, 4) is 73.1 Å². The van der Waals surface area contributed by atoms with Crippen LogP contribution in [-0.4, -0.2) is 14.1 Å². The molecule has 0 saturated carbocycles. The van der Waals surface area contributed by atoms with Gasteiger partial charge in [0.1, 0.15) is 6.07 Å². The molecule has 0 spiro atoms. The molecule has 0 aliphatic rings. The van der Waals surface area contributed by atoms with Crippen LogP contribution in [0, 0.1) is 11.3 Å². The Hall–Kier alpha value is -8.78. The Bertz CT molecular complexity index is 3780. The molecule has 0 fully saturated rings. The van der Waals surface area contributed by atoms with Crippen molar-refractivity contribution in [1.82, 2.24) is 14.1 Å². The molecule has 9 aromatic carbocycles. The van der Waals surface area contributed by atoms with Crippen molar-refractivity contribution in [2.75, 3.05) is 0 Å². The average molecular weight is 815 g/mol. The predicted molar refractivity (Wildman–Crippen MR) is 265 cm³/mol. The van der Waals surface area contributed by atoms with Crippen molar-refractivity contribution in [2.24, 2.45) is 0 Å². The van der Waals surface area contributed by atoms with Gasteiger partial charge in [-0.25, -0.2) is 0 Å². The van der Waals surface area contributed by atoms with Crippen LogP contribution in [0.15, 0.2) is 231 Å². The average Bonchev–Trinajstić information content (AvgIpc) is 3.88. The molecule has 3 aromatic heterocycles. The zero-order valence-corrected chi connectivity index (χ0v) is 34.7. The van der Waals surface area contributed by atoms with Crippen molar-refractivity contribution >= 4 is 43.6 Å². The summed E-state index contributed by atoms with van der Waals surface area (Å²) in [6.45, 7) is 0. The Labute approximate surface area is 370 Å². The van der Waals surface area contributed by atoms with Crippen LogP contribution < -0.4 is 0 Å². The Morgan fingerprint density at radius 2 is 0.766 bits per heavy atom. The maximum atomic E-state index is 11.3. The summed E-state index contributed by atoms with van der Waals surface area (Å²) < 4.78 is 4.68. The molecule has 4 nitrogen and oxygen atoms in total. The first kappa shape index (κ1) is 37.0. The second-order valence-corrected chi connectivity index (χ2v) is 16.2. The lowest BCUT2D eigenvalue weighted by Crippen LogP contribution is -2.07. The normalized spacial score (nSPS) is 11.4. The number of para-hydroxylation sites is 2. The first-order valence-corrected chi connectivity index (χ1v) is 21.6. The highest BCUT2D eigenvalue weighted by Gasteiger charge is 2.24. The van der Waals surface area contributed by atoms with Crippen molar-refractivity contribution < 1.29 is 0 Å². The standard InChI is InChI=1S/C60H38N4/c61-39-46-35-45(40-31-33-62-34-32-40)38-59(63-55-25-13-11-23-51(55)53-36-43(27-29-57(53)63)49-21-9-7-19-47(49)41-15-3-1-4-16-41)60(46)64-56-26-14-12-24-52(56)54-37-44(28-30-58(54)64)50-22-10-8-20-48(50)42-17-5-2-6-18-42/h1-38H.